The van der Waals surface area contributed by atoms with Crippen molar-refractivity contribution in [3.63, 3.8) is 0 Å². The van der Waals surface area contributed by atoms with Crippen LogP contribution < -0.4 is 25.0 Å². The molecule has 3 aromatic rings. The number of anilines is 1. The Morgan fingerprint density at radius 3 is 2.62 bits per heavy atom. The van der Waals surface area contributed by atoms with Gasteiger partial charge in [-0.15, -0.1) is 24.0 Å². The Hall–Kier alpha value is -3.02. The van der Waals surface area contributed by atoms with E-state index >= 15 is 0 Å². The monoisotopic (exact) mass is 577 g/mol. The van der Waals surface area contributed by atoms with Crippen LogP contribution in [0.5, 0.6) is 11.5 Å². The SMILES string of the molecule is CCNC(=NCc1ccnc(-n2cccn2)c1)NC1CCN(c2cc(OC)cc(OC)c2)C1.I. The van der Waals surface area contributed by atoms with Crippen molar-refractivity contribution >= 4 is 35.6 Å². The van der Waals surface area contributed by atoms with Crippen LogP contribution in [0.3, 0.4) is 0 Å². The molecule has 0 spiro atoms. The number of hydrogen-bond acceptors (Lipinski definition) is 6. The van der Waals surface area contributed by atoms with E-state index in [1.165, 1.54) is 0 Å². The normalized spacial score (nSPS) is 15.6. The molecule has 0 amide bonds. The molecule has 1 aromatic carbocycles. The molecule has 1 unspecified atom stereocenters. The van der Waals surface area contributed by atoms with E-state index in [0.29, 0.717) is 6.54 Å². The molecule has 2 aromatic heterocycles. The van der Waals surface area contributed by atoms with Crippen LogP contribution in [0.15, 0.2) is 60.0 Å². The van der Waals surface area contributed by atoms with E-state index in [1.54, 1.807) is 31.3 Å². The largest absolute Gasteiger partial charge is 0.497 e. The van der Waals surface area contributed by atoms with Crippen molar-refractivity contribution in [3.05, 3.63) is 60.6 Å². The fourth-order valence-electron chi connectivity index (χ4n) is 3.86. The van der Waals surface area contributed by atoms with Crippen LogP contribution in [0.2, 0.25) is 0 Å². The maximum atomic E-state index is 5.42. The zero-order valence-corrected chi connectivity index (χ0v) is 22.1. The lowest BCUT2D eigenvalue weighted by molar-refractivity contribution is 0.394. The third-order valence-electron chi connectivity index (χ3n) is 5.54. The molecule has 3 heterocycles. The Balaban J connectivity index is 0.00000324. The van der Waals surface area contributed by atoms with E-state index in [2.05, 4.69) is 32.5 Å². The van der Waals surface area contributed by atoms with Gasteiger partial charge in [0, 0.05) is 68.2 Å². The summed E-state index contributed by atoms with van der Waals surface area (Å²) >= 11 is 0. The van der Waals surface area contributed by atoms with Gasteiger partial charge in [0.1, 0.15) is 11.5 Å². The Morgan fingerprint density at radius 2 is 1.94 bits per heavy atom. The van der Waals surface area contributed by atoms with Gasteiger partial charge in [0.05, 0.1) is 20.8 Å². The molecule has 0 radical (unpaired) electrons. The van der Waals surface area contributed by atoms with Crippen LogP contribution in [-0.2, 0) is 6.54 Å². The number of nitrogens with zero attached hydrogens (tertiary/aromatic N) is 5. The van der Waals surface area contributed by atoms with Gasteiger partial charge in [-0.25, -0.2) is 14.7 Å². The number of aromatic nitrogens is 3. The highest BCUT2D eigenvalue weighted by Crippen LogP contribution is 2.30. The smallest absolute Gasteiger partial charge is 0.191 e. The molecular weight excluding hydrogens is 545 g/mol. The minimum atomic E-state index is 0. The number of rotatable bonds is 8. The molecule has 1 aliphatic heterocycles. The summed E-state index contributed by atoms with van der Waals surface area (Å²) in [6.45, 7) is 5.24. The van der Waals surface area contributed by atoms with Gasteiger partial charge in [-0.2, -0.15) is 5.10 Å². The summed E-state index contributed by atoms with van der Waals surface area (Å²) in [6, 6.07) is 12.1. The molecule has 1 saturated heterocycles. The van der Waals surface area contributed by atoms with Crippen molar-refractivity contribution in [2.75, 3.05) is 38.8 Å². The summed E-state index contributed by atoms with van der Waals surface area (Å²) in [6.07, 6.45) is 6.43. The number of pyridine rings is 1. The molecule has 1 fully saturated rings. The van der Waals surface area contributed by atoms with Crippen LogP contribution in [0, 0.1) is 0 Å². The van der Waals surface area contributed by atoms with Crippen LogP contribution >= 0.6 is 24.0 Å². The molecule has 182 valence electrons. The molecule has 0 aliphatic carbocycles. The predicted octanol–water partition coefficient (Wildman–Crippen LogP) is 3.24. The Morgan fingerprint density at radius 1 is 1.15 bits per heavy atom. The summed E-state index contributed by atoms with van der Waals surface area (Å²) in [4.78, 5) is 11.5. The average molecular weight is 577 g/mol. The van der Waals surface area contributed by atoms with Crippen LogP contribution in [-0.4, -0.2) is 60.6 Å². The molecule has 0 bridgehead atoms. The molecule has 10 heteroatoms. The number of methoxy groups -OCH3 is 2. The highest BCUT2D eigenvalue weighted by atomic mass is 127. The summed E-state index contributed by atoms with van der Waals surface area (Å²) in [5.74, 6) is 3.18. The van der Waals surface area contributed by atoms with E-state index < -0.39 is 0 Å². The van der Waals surface area contributed by atoms with Crippen LogP contribution in [0.1, 0.15) is 18.9 Å². The van der Waals surface area contributed by atoms with Crippen molar-refractivity contribution < 1.29 is 9.47 Å². The number of ether oxygens (including phenoxy) is 2. The summed E-state index contributed by atoms with van der Waals surface area (Å²) in [5, 5.41) is 11.2. The summed E-state index contributed by atoms with van der Waals surface area (Å²) < 4.78 is 12.6. The van der Waals surface area contributed by atoms with Gasteiger partial charge in [-0.1, -0.05) is 0 Å². The predicted molar refractivity (Wildman–Crippen MR) is 145 cm³/mol. The minimum absolute atomic E-state index is 0. The van der Waals surface area contributed by atoms with Gasteiger partial charge >= 0.3 is 0 Å². The van der Waals surface area contributed by atoms with Crippen molar-refractivity contribution in [1.29, 1.82) is 0 Å². The second kappa shape index (κ2) is 12.4. The van der Waals surface area contributed by atoms with Gasteiger partial charge in [-0.05, 0) is 37.1 Å². The minimum Gasteiger partial charge on any atom is -0.497 e. The van der Waals surface area contributed by atoms with Crippen molar-refractivity contribution in [3.8, 4) is 17.3 Å². The van der Waals surface area contributed by atoms with Crippen molar-refractivity contribution in [1.82, 2.24) is 25.4 Å². The highest BCUT2D eigenvalue weighted by Gasteiger charge is 2.24. The first-order valence-electron chi connectivity index (χ1n) is 11.2. The van der Waals surface area contributed by atoms with Crippen molar-refractivity contribution in [2.45, 2.75) is 25.9 Å². The number of aliphatic imine (C=N–C) groups is 1. The molecule has 34 heavy (non-hydrogen) atoms. The number of guanidine groups is 1. The second-order valence-corrected chi connectivity index (χ2v) is 7.81. The lowest BCUT2D eigenvalue weighted by atomic mass is 10.2. The van der Waals surface area contributed by atoms with E-state index in [4.69, 9.17) is 14.5 Å². The van der Waals surface area contributed by atoms with Crippen LogP contribution in [0.25, 0.3) is 5.82 Å². The van der Waals surface area contributed by atoms with Gasteiger partial charge in [0.25, 0.3) is 0 Å². The third kappa shape index (κ3) is 6.52. The van der Waals surface area contributed by atoms with Gasteiger partial charge in [0.2, 0.25) is 0 Å². The first-order chi connectivity index (χ1) is 16.2. The molecule has 2 N–H and O–H groups in total. The standard InChI is InChI=1S/C24H31N7O2.HI/c1-4-25-24(27-16-18-6-9-26-23(12-18)31-10-5-8-28-31)29-19-7-11-30(17-19)20-13-21(32-2)15-22(14-20)33-3;/h5-6,8-10,12-15,19H,4,7,11,16-17H2,1-3H3,(H2,25,27,29);1H. The lowest BCUT2D eigenvalue weighted by Crippen LogP contribution is -2.44. The second-order valence-electron chi connectivity index (χ2n) is 7.81. The molecule has 0 saturated carbocycles. The van der Waals surface area contributed by atoms with E-state index in [9.17, 15) is 0 Å². The fraction of sp³-hybridized carbons (Fsp3) is 0.375. The summed E-state index contributed by atoms with van der Waals surface area (Å²) in [7, 11) is 3.35. The molecular formula is C24H32IN7O2. The Kier molecular flexibility index (Phi) is 9.37. The third-order valence-corrected chi connectivity index (χ3v) is 5.54. The summed E-state index contributed by atoms with van der Waals surface area (Å²) in [5.41, 5.74) is 2.17. The van der Waals surface area contributed by atoms with Gasteiger partial charge < -0.3 is 25.0 Å². The Bertz CT molecular complexity index is 1050. The maximum absolute atomic E-state index is 5.42. The first kappa shape index (κ1) is 25.6. The van der Waals surface area contributed by atoms with Crippen LogP contribution in [0.4, 0.5) is 5.69 Å². The zero-order chi connectivity index (χ0) is 23.0. The average Bonchev–Trinajstić information content (AvgIpc) is 3.55. The Labute approximate surface area is 217 Å². The topological polar surface area (TPSA) is 88.8 Å². The van der Waals surface area contributed by atoms with Gasteiger partial charge in [0.15, 0.2) is 11.8 Å². The van der Waals surface area contributed by atoms with E-state index in [-0.39, 0.29) is 30.0 Å². The lowest BCUT2D eigenvalue weighted by Gasteiger charge is -2.21. The van der Waals surface area contributed by atoms with Crippen molar-refractivity contribution in [2.24, 2.45) is 4.99 Å². The number of nitrogens with one attached hydrogen (secondary N) is 2. The molecule has 1 aliphatic rings. The molecule has 9 nitrogen and oxygen atoms in total. The fourth-order valence-corrected chi connectivity index (χ4v) is 3.86. The van der Waals surface area contributed by atoms with Gasteiger partial charge in [-0.3, -0.25) is 0 Å². The van der Waals surface area contributed by atoms with E-state index in [1.807, 2.05) is 42.6 Å². The zero-order valence-electron chi connectivity index (χ0n) is 19.8. The molecule has 4 rings (SSSR count). The first-order valence-corrected chi connectivity index (χ1v) is 11.2. The quantitative estimate of drug-likeness (QED) is 0.242. The number of benzene rings is 1. The maximum Gasteiger partial charge on any atom is 0.191 e. The van der Waals surface area contributed by atoms with E-state index in [0.717, 1.165) is 60.6 Å². The number of halogens is 1. The highest BCUT2D eigenvalue weighted by molar-refractivity contribution is 14.0. The number of hydrogen-bond donors (Lipinski definition) is 2. The molecule has 1 atom stereocenters.